The SMILES string of the molecule is CC(C(=O)N1CCCN(C)CC1C)C1CNC1. The number of nitrogens with one attached hydrogen (secondary N) is 1. The average Bonchev–Trinajstić information content (AvgIpc) is 2.35. The quantitative estimate of drug-likeness (QED) is 0.757. The second-order valence-electron chi connectivity index (χ2n) is 5.70. The smallest absolute Gasteiger partial charge is 0.226 e. The van der Waals surface area contributed by atoms with Gasteiger partial charge in [0.25, 0.3) is 0 Å². The van der Waals surface area contributed by atoms with Crippen LogP contribution in [-0.4, -0.2) is 61.5 Å². The molecular weight excluding hydrogens is 214 g/mol. The first-order chi connectivity index (χ1) is 8.09. The largest absolute Gasteiger partial charge is 0.338 e. The van der Waals surface area contributed by atoms with E-state index in [0.29, 0.717) is 17.9 Å². The summed E-state index contributed by atoms with van der Waals surface area (Å²) in [4.78, 5) is 16.9. The van der Waals surface area contributed by atoms with Crippen molar-refractivity contribution in [1.82, 2.24) is 15.1 Å². The summed E-state index contributed by atoms with van der Waals surface area (Å²) >= 11 is 0. The van der Waals surface area contributed by atoms with E-state index < -0.39 is 0 Å². The minimum Gasteiger partial charge on any atom is -0.338 e. The number of likely N-dealkylation sites (N-methyl/N-ethyl adjacent to an activating group) is 1. The van der Waals surface area contributed by atoms with Gasteiger partial charge in [-0.15, -0.1) is 0 Å². The highest BCUT2D eigenvalue weighted by Gasteiger charge is 2.33. The van der Waals surface area contributed by atoms with E-state index in [1.54, 1.807) is 0 Å². The monoisotopic (exact) mass is 239 g/mol. The van der Waals surface area contributed by atoms with Crippen LogP contribution in [0, 0.1) is 11.8 Å². The maximum absolute atomic E-state index is 12.5. The van der Waals surface area contributed by atoms with E-state index in [0.717, 1.165) is 39.1 Å². The molecule has 2 saturated heterocycles. The van der Waals surface area contributed by atoms with Crippen LogP contribution < -0.4 is 5.32 Å². The van der Waals surface area contributed by atoms with Crippen molar-refractivity contribution in [3.63, 3.8) is 0 Å². The van der Waals surface area contributed by atoms with Crippen LogP contribution in [0.25, 0.3) is 0 Å². The lowest BCUT2D eigenvalue weighted by atomic mass is 9.87. The molecule has 98 valence electrons. The Morgan fingerprint density at radius 1 is 1.35 bits per heavy atom. The van der Waals surface area contributed by atoms with E-state index in [4.69, 9.17) is 0 Å². The summed E-state index contributed by atoms with van der Waals surface area (Å²) < 4.78 is 0. The van der Waals surface area contributed by atoms with Crippen molar-refractivity contribution in [3.8, 4) is 0 Å². The summed E-state index contributed by atoms with van der Waals surface area (Å²) in [5.74, 6) is 1.09. The summed E-state index contributed by atoms with van der Waals surface area (Å²) in [6.45, 7) is 9.31. The van der Waals surface area contributed by atoms with Crippen molar-refractivity contribution in [2.45, 2.75) is 26.3 Å². The molecule has 4 nitrogen and oxygen atoms in total. The molecule has 1 N–H and O–H groups in total. The molecule has 1 amide bonds. The summed E-state index contributed by atoms with van der Waals surface area (Å²) in [6.07, 6.45) is 1.10. The third-order valence-electron chi connectivity index (χ3n) is 4.24. The molecule has 0 spiro atoms. The van der Waals surface area contributed by atoms with E-state index in [2.05, 4.69) is 36.0 Å². The Kier molecular flexibility index (Phi) is 4.05. The number of nitrogens with zero attached hydrogens (tertiary/aromatic N) is 2. The van der Waals surface area contributed by atoms with Crippen LogP contribution in [0.5, 0.6) is 0 Å². The van der Waals surface area contributed by atoms with Crippen molar-refractivity contribution >= 4 is 5.91 Å². The standard InChI is InChI=1S/C13H25N3O/c1-10-9-15(3)5-4-6-16(10)13(17)11(2)12-7-14-8-12/h10-12,14H,4-9H2,1-3H3. The second-order valence-corrected chi connectivity index (χ2v) is 5.70. The molecular formula is C13H25N3O. The fraction of sp³-hybridized carbons (Fsp3) is 0.923. The van der Waals surface area contributed by atoms with Gasteiger partial charge in [0.1, 0.15) is 0 Å². The normalized spacial score (nSPS) is 29.6. The van der Waals surface area contributed by atoms with Crippen LogP contribution in [-0.2, 0) is 4.79 Å². The first-order valence-corrected chi connectivity index (χ1v) is 6.79. The van der Waals surface area contributed by atoms with E-state index in [9.17, 15) is 4.79 Å². The first kappa shape index (κ1) is 12.8. The Bertz CT molecular complexity index is 278. The van der Waals surface area contributed by atoms with Gasteiger partial charge in [0.15, 0.2) is 0 Å². The lowest BCUT2D eigenvalue weighted by Crippen LogP contribution is -2.52. The molecule has 2 aliphatic heterocycles. The molecule has 2 aliphatic rings. The lowest BCUT2D eigenvalue weighted by Gasteiger charge is -2.37. The maximum Gasteiger partial charge on any atom is 0.226 e. The maximum atomic E-state index is 12.5. The minimum absolute atomic E-state index is 0.183. The minimum atomic E-state index is 0.183. The number of carbonyl (C=O) groups is 1. The van der Waals surface area contributed by atoms with Crippen molar-refractivity contribution in [1.29, 1.82) is 0 Å². The fourth-order valence-corrected chi connectivity index (χ4v) is 2.83. The van der Waals surface area contributed by atoms with Gasteiger partial charge in [0.05, 0.1) is 0 Å². The number of hydrogen-bond donors (Lipinski definition) is 1. The zero-order valence-electron chi connectivity index (χ0n) is 11.3. The fourth-order valence-electron chi connectivity index (χ4n) is 2.83. The molecule has 0 aliphatic carbocycles. The summed E-state index contributed by atoms with van der Waals surface area (Å²) in [5.41, 5.74) is 0. The van der Waals surface area contributed by atoms with Crippen LogP contribution >= 0.6 is 0 Å². The average molecular weight is 239 g/mol. The molecule has 2 rings (SSSR count). The van der Waals surface area contributed by atoms with Crippen molar-refractivity contribution in [2.75, 3.05) is 39.8 Å². The topological polar surface area (TPSA) is 35.6 Å². The van der Waals surface area contributed by atoms with E-state index in [1.165, 1.54) is 0 Å². The summed E-state index contributed by atoms with van der Waals surface area (Å²) in [5, 5.41) is 3.25. The Morgan fingerprint density at radius 2 is 2.06 bits per heavy atom. The third kappa shape index (κ3) is 2.80. The van der Waals surface area contributed by atoms with Crippen LogP contribution in [0.15, 0.2) is 0 Å². The van der Waals surface area contributed by atoms with E-state index in [-0.39, 0.29) is 5.92 Å². The molecule has 0 saturated carbocycles. The van der Waals surface area contributed by atoms with E-state index >= 15 is 0 Å². The van der Waals surface area contributed by atoms with Gasteiger partial charge in [-0.05, 0) is 45.9 Å². The lowest BCUT2D eigenvalue weighted by molar-refractivity contribution is -0.139. The van der Waals surface area contributed by atoms with Crippen LogP contribution in [0.4, 0.5) is 0 Å². The van der Waals surface area contributed by atoms with Crippen molar-refractivity contribution < 1.29 is 4.79 Å². The molecule has 0 bridgehead atoms. The summed E-state index contributed by atoms with van der Waals surface area (Å²) in [7, 11) is 2.14. The van der Waals surface area contributed by atoms with Crippen LogP contribution in [0.3, 0.4) is 0 Å². The van der Waals surface area contributed by atoms with E-state index in [1.807, 2.05) is 0 Å². The molecule has 0 aromatic carbocycles. The predicted octanol–water partition coefficient (Wildman–Crippen LogP) is 0.395. The number of carbonyl (C=O) groups excluding carboxylic acids is 1. The van der Waals surface area contributed by atoms with Crippen molar-refractivity contribution in [2.24, 2.45) is 11.8 Å². The Hall–Kier alpha value is -0.610. The molecule has 0 radical (unpaired) electrons. The Morgan fingerprint density at radius 3 is 2.65 bits per heavy atom. The predicted molar refractivity (Wildman–Crippen MR) is 68.8 cm³/mol. The van der Waals surface area contributed by atoms with Gasteiger partial charge < -0.3 is 15.1 Å². The Labute approximate surface area is 104 Å². The van der Waals surface area contributed by atoms with Crippen molar-refractivity contribution in [3.05, 3.63) is 0 Å². The zero-order valence-corrected chi connectivity index (χ0v) is 11.3. The van der Waals surface area contributed by atoms with Gasteiger partial charge in [-0.1, -0.05) is 6.92 Å². The van der Waals surface area contributed by atoms with Gasteiger partial charge in [-0.25, -0.2) is 0 Å². The molecule has 2 atom stereocenters. The molecule has 0 aromatic heterocycles. The number of amides is 1. The number of rotatable bonds is 2. The van der Waals surface area contributed by atoms with Gasteiger partial charge in [-0.2, -0.15) is 0 Å². The molecule has 0 aromatic rings. The molecule has 2 heterocycles. The zero-order chi connectivity index (χ0) is 12.4. The first-order valence-electron chi connectivity index (χ1n) is 6.79. The highest BCUT2D eigenvalue weighted by Crippen LogP contribution is 2.21. The second kappa shape index (κ2) is 5.36. The Balaban J connectivity index is 1.96. The third-order valence-corrected chi connectivity index (χ3v) is 4.24. The van der Waals surface area contributed by atoms with Crippen LogP contribution in [0.1, 0.15) is 20.3 Å². The highest BCUT2D eigenvalue weighted by atomic mass is 16.2. The van der Waals surface area contributed by atoms with Crippen LogP contribution in [0.2, 0.25) is 0 Å². The molecule has 2 fully saturated rings. The van der Waals surface area contributed by atoms with Gasteiger partial charge >= 0.3 is 0 Å². The molecule has 17 heavy (non-hydrogen) atoms. The van der Waals surface area contributed by atoms with Gasteiger partial charge in [-0.3, -0.25) is 4.79 Å². The highest BCUT2D eigenvalue weighted by molar-refractivity contribution is 5.79. The molecule has 2 unspecified atom stereocenters. The summed E-state index contributed by atoms with van der Waals surface area (Å²) in [6, 6.07) is 0.352. The number of hydrogen-bond acceptors (Lipinski definition) is 3. The molecule has 4 heteroatoms. The van der Waals surface area contributed by atoms with Gasteiger partial charge in [0.2, 0.25) is 5.91 Å². The van der Waals surface area contributed by atoms with Gasteiger partial charge in [0, 0.05) is 25.0 Å².